The molecule has 0 saturated heterocycles. The van der Waals surface area contributed by atoms with Gasteiger partial charge < -0.3 is 4.74 Å². The maximum Gasteiger partial charge on any atom is 0.255 e. The van der Waals surface area contributed by atoms with Crippen molar-refractivity contribution in [2.45, 2.75) is 6.61 Å². The Morgan fingerprint density at radius 3 is 2.00 bits per heavy atom. The van der Waals surface area contributed by atoms with Crippen molar-refractivity contribution in [3.8, 4) is 5.75 Å². The molecule has 2 rings (SSSR count). The summed E-state index contributed by atoms with van der Waals surface area (Å²) < 4.78 is 56.6. The van der Waals surface area contributed by atoms with Crippen LogP contribution in [-0.2, 0) is 6.61 Å². The van der Waals surface area contributed by atoms with Crippen LogP contribution in [0.5, 0.6) is 5.75 Å². The van der Waals surface area contributed by atoms with Gasteiger partial charge in [-0.3, -0.25) is 0 Å². The van der Waals surface area contributed by atoms with Gasteiger partial charge >= 0.3 is 0 Å². The number of aromatic nitrogens is 1. The van der Waals surface area contributed by atoms with Crippen molar-refractivity contribution in [2.75, 3.05) is 0 Å². The molecule has 94 valence electrons. The van der Waals surface area contributed by atoms with E-state index in [9.17, 15) is 17.6 Å². The summed E-state index contributed by atoms with van der Waals surface area (Å²) in [5.74, 6) is -7.88. The smallest absolute Gasteiger partial charge is 0.255 e. The Balaban J connectivity index is 2.24. The quantitative estimate of drug-likeness (QED) is 0.622. The van der Waals surface area contributed by atoms with Crippen LogP contribution >= 0.6 is 0 Å². The summed E-state index contributed by atoms with van der Waals surface area (Å²) in [4.78, 5) is 2.43. The van der Waals surface area contributed by atoms with Crippen LogP contribution < -0.4 is 4.74 Å². The molecule has 0 fully saturated rings. The van der Waals surface area contributed by atoms with E-state index in [-0.39, 0.29) is 6.61 Å². The number of rotatable bonds is 3. The fourth-order valence-corrected chi connectivity index (χ4v) is 1.32. The SMILES string of the molecule is Fc1nc(F)c(F)c(OCc2ccccc2)c1F. The first-order valence-electron chi connectivity index (χ1n) is 4.96. The molecule has 1 aromatic heterocycles. The van der Waals surface area contributed by atoms with Gasteiger partial charge in [-0.25, -0.2) is 0 Å². The molecule has 0 spiro atoms. The van der Waals surface area contributed by atoms with Gasteiger partial charge in [-0.15, -0.1) is 0 Å². The molecule has 18 heavy (non-hydrogen) atoms. The van der Waals surface area contributed by atoms with Crippen molar-refractivity contribution in [1.82, 2.24) is 4.98 Å². The minimum absolute atomic E-state index is 0.211. The van der Waals surface area contributed by atoms with Gasteiger partial charge in [0.1, 0.15) is 6.61 Å². The summed E-state index contributed by atoms with van der Waals surface area (Å²) in [5.41, 5.74) is 0.605. The van der Waals surface area contributed by atoms with Gasteiger partial charge in [0, 0.05) is 0 Å². The predicted octanol–water partition coefficient (Wildman–Crippen LogP) is 3.22. The molecule has 0 radical (unpaired) electrons. The van der Waals surface area contributed by atoms with Crippen LogP contribution in [0.25, 0.3) is 0 Å². The monoisotopic (exact) mass is 257 g/mol. The summed E-state index contributed by atoms with van der Waals surface area (Å²) in [6, 6.07) is 8.42. The van der Waals surface area contributed by atoms with Gasteiger partial charge in [0.05, 0.1) is 0 Å². The molecule has 0 atom stereocenters. The molecule has 0 saturated carbocycles. The lowest BCUT2D eigenvalue weighted by Crippen LogP contribution is -2.06. The number of ether oxygens (including phenoxy) is 1. The lowest BCUT2D eigenvalue weighted by Gasteiger charge is -2.08. The molecular weight excluding hydrogens is 250 g/mol. The Hall–Kier alpha value is -2.11. The van der Waals surface area contributed by atoms with Crippen molar-refractivity contribution in [2.24, 2.45) is 0 Å². The second kappa shape index (κ2) is 5.03. The summed E-state index contributed by atoms with van der Waals surface area (Å²) in [7, 11) is 0. The van der Waals surface area contributed by atoms with E-state index < -0.39 is 29.3 Å². The van der Waals surface area contributed by atoms with Crippen LogP contribution in [0, 0.1) is 23.5 Å². The predicted molar refractivity (Wildman–Crippen MR) is 54.8 cm³/mol. The number of benzene rings is 1. The van der Waals surface area contributed by atoms with Gasteiger partial charge in [0.2, 0.25) is 17.4 Å². The van der Waals surface area contributed by atoms with Gasteiger partial charge in [0.15, 0.2) is 0 Å². The van der Waals surface area contributed by atoms with Gasteiger partial charge in [-0.1, -0.05) is 30.3 Å². The van der Waals surface area contributed by atoms with E-state index in [1.807, 2.05) is 0 Å². The molecule has 0 aliphatic heterocycles. The molecule has 2 aromatic rings. The first-order chi connectivity index (χ1) is 8.59. The van der Waals surface area contributed by atoms with Crippen LogP contribution in [0.15, 0.2) is 30.3 Å². The standard InChI is InChI=1S/C12H7F4NO/c13-8-10(9(14)12(16)17-11(8)15)18-6-7-4-2-1-3-5-7/h1-5H,6H2. The van der Waals surface area contributed by atoms with Crippen LogP contribution in [0.2, 0.25) is 0 Å². The molecule has 0 aliphatic rings. The van der Waals surface area contributed by atoms with Gasteiger partial charge in [-0.05, 0) is 5.56 Å². The van der Waals surface area contributed by atoms with Crippen LogP contribution in [0.1, 0.15) is 5.56 Å². The normalized spacial score (nSPS) is 10.4. The molecule has 2 nitrogen and oxygen atoms in total. The van der Waals surface area contributed by atoms with Crippen molar-refractivity contribution < 1.29 is 22.3 Å². The van der Waals surface area contributed by atoms with Crippen molar-refractivity contribution in [1.29, 1.82) is 0 Å². The highest BCUT2D eigenvalue weighted by Gasteiger charge is 2.22. The zero-order valence-corrected chi connectivity index (χ0v) is 8.96. The van der Waals surface area contributed by atoms with Crippen molar-refractivity contribution in [3.05, 3.63) is 59.4 Å². The first-order valence-corrected chi connectivity index (χ1v) is 4.96. The number of hydrogen-bond acceptors (Lipinski definition) is 2. The second-order valence-electron chi connectivity index (χ2n) is 3.42. The molecule has 0 amide bonds. The topological polar surface area (TPSA) is 22.1 Å². The fourth-order valence-electron chi connectivity index (χ4n) is 1.32. The highest BCUT2D eigenvalue weighted by molar-refractivity contribution is 5.25. The van der Waals surface area contributed by atoms with E-state index in [1.54, 1.807) is 30.3 Å². The minimum Gasteiger partial charge on any atom is -0.483 e. The number of pyridine rings is 1. The zero-order valence-electron chi connectivity index (χ0n) is 8.96. The van der Waals surface area contributed by atoms with Crippen LogP contribution in [0.3, 0.4) is 0 Å². The van der Waals surface area contributed by atoms with Gasteiger partial charge in [0.25, 0.3) is 11.9 Å². The van der Waals surface area contributed by atoms with E-state index in [2.05, 4.69) is 4.98 Å². The third kappa shape index (κ3) is 2.42. The van der Waals surface area contributed by atoms with E-state index >= 15 is 0 Å². The first kappa shape index (κ1) is 12.3. The molecule has 6 heteroatoms. The number of nitrogens with zero attached hydrogens (tertiary/aromatic N) is 1. The highest BCUT2D eigenvalue weighted by Crippen LogP contribution is 2.25. The summed E-state index contributed by atoms with van der Waals surface area (Å²) >= 11 is 0. The maximum absolute atomic E-state index is 13.2. The maximum atomic E-state index is 13.2. The van der Waals surface area contributed by atoms with E-state index in [4.69, 9.17) is 4.74 Å². The summed E-state index contributed by atoms with van der Waals surface area (Å²) in [6.45, 7) is -0.211. The van der Waals surface area contributed by atoms with E-state index in [0.29, 0.717) is 5.56 Å². The van der Waals surface area contributed by atoms with Crippen LogP contribution in [-0.4, -0.2) is 4.98 Å². The molecular formula is C12H7F4NO. The van der Waals surface area contributed by atoms with E-state index in [0.717, 1.165) is 0 Å². The Bertz CT molecular complexity index is 533. The van der Waals surface area contributed by atoms with Crippen molar-refractivity contribution >= 4 is 0 Å². The van der Waals surface area contributed by atoms with Crippen LogP contribution in [0.4, 0.5) is 17.6 Å². The number of halogens is 4. The third-order valence-corrected chi connectivity index (χ3v) is 2.18. The molecule has 0 N–H and O–H groups in total. The molecule has 1 aromatic carbocycles. The third-order valence-electron chi connectivity index (χ3n) is 2.18. The Labute approximate surface area is 99.8 Å². The Kier molecular flexibility index (Phi) is 3.45. The lowest BCUT2D eigenvalue weighted by molar-refractivity contribution is 0.255. The molecule has 0 aliphatic carbocycles. The fraction of sp³-hybridized carbons (Fsp3) is 0.0833. The Morgan fingerprint density at radius 2 is 1.44 bits per heavy atom. The Morgan fingerprint density at radius 1 is 0.889 bits per heavy atom. The van der Waals surface area contributed by atoms with Gasteiger partial charge in [-0.2, -0.15) is 22.5 Å². The summed E-state index contributed by atoms with van der Waals surface area (Å²) in [6.07, 6.45) is 0. The molecule has 1 heterocycles. The van der Waals surface area contributed by atoms with Crippen molar-refractivity contribution in [3.63, 3.8) is 0 Å². The second-order valence-corrected chi connectivity index (χ2v) is 3.42. The number of hydrogen-bond donors (Lipinski definition) is 0. The minimum atomic E-state index is -1.74. The van der Waals surface area contributed by atoms with E-state index in [1.165, 1.54) is 0 Å². The molecule has 0 bridgehead atoms. The average Bonchev–Trinajstić information content (AvgIpc) is 2.38. The zero-order chi connectivity index (χ0) is 13.1. The highest BCUT2D eigenvalue weighted by atomic mass is 19.2. The average molecular weight is 257 g/mol. The lowest BCUT2D eigenvalue weighted by atomic mass is 10.2. The largest absolute Gasteiger partial charge is 0.483 e. The summed E-state index contributed by atoms with van der Waals surface area (Å²) in [5, 5.41) is 0. The molecule has 0 unspecified atom stereocenters.